The SMILES string of the molecule is CCNC(=O)c1[nH]c2cc(F)c(C)cc2c1CCCC(C)=O. The lowest BCUT2D eigenvalue weighted by Gasteiger charge is -2.05. The second-order valence-electron chi connectivity index (χ2n) is 5.54. The van der Waals surface area contributed by atoms with Crippen molar-refractivity contribution < 1.29 is 14.0 Å². The summed E-state index contributed by atoms with van der Waals surface area (Å²) in [7, 11) is 0. The van der Waals surface area contributed by atoms with E-state index in [1.807, 2.05) is 6.92 Å². The van der Waals surface area contributed by atoms with E-state index in [1.165, 1.54) is 6.07 Å². The molecule has 0 aliphatic carbocycles. The van der Waals surface area contributed by atoms with Crippen molar-refractivity contribution in [1.82, 2.24) is 10.3 Å². The number of halogens is 1. The van der Waals surface area contributed by atoms with Gasteiger partial charge in [0.15, 0.2) is 0 Å². The third-order valence-corrected chi connectivity index (χ3v) is 3.71. The summed E-state index contributed by atoms with van der Waals surface area (Å²) in [4.78, 5) is 26.3. The molecule has 2 N–H and O–H groups in total. The molecule has 0 atom stereocenters. The summed E-state index contributed by atoms with van der Waals surface area (Å²) in [6.07, 6.45) is 1.75. The molecule has 0 spiro atoms. The largest absolute Gasteiger partial charge is 0.351 e. The van der Waals surface area contributed by atoms with Crippen LogP contribution >= 0.6 is 0 Å². The van der Waals surface area contributed by atoms with Crippen molar-refractivity contribution in [3.8, 4) is 0 Å². The lowest BCUT2D eigenvalue weighted by molar-refractivity contribution is -0.117. The van der Waals surface area contributed by atoms with E-state index >= 15 is 0 Å². The molecule has 0 fully saturated rings. The van der Waals surface area contributed by atoms with Crippen LogP contribution in [0.15, 0.2) is 12.1 Å². The second-order valence-corrected chi connectivity index (χ2v) is 5.54. The molecular formula is C17H21FN2O2. The normalized spacial score (nSPS) is 10.9. The van der Waals surface area contributed by atoms with Gasteiger partial charge in [-0.25, -0.2) is 4.39 Å². The molecule has 0 aliphatic rings. The molecule has 0 saturated carbocycles. The highest BCUT2D eigenvalue weighted by atomic mass is 19.1. The zero-order valence-electron chi connectivity index (χ0n) is 13.2. The summed E-state index contributed by atoms with van der Waals surface area (Å²) in [6, 6.07) is 3.18. The molecule has 0 radical (unpaired) electrons. The van der Waals surface area contributed by atoms with Gasteiger partial charge < -0.3 is 15.1 Å². The number of aromatic amines is 1. The fourth-order valence-electron chi connectivity index (χ4n) is 2.60. The van der Waals surface area contributed by atoms with Crippen molar-refractivity contribution >= 4 is 22.6 Å². The Bertz CT molecular complexity index is 719. The van der Waals surface area contributed by atoms with E-state index in [0.29, 0.717) is 42.6 Å². The number of ketones is 1. The first-order chi connectivity index (χ1) is 10.4. The third-order valence-electron chi connectivity index (χ3n) is 3.71. The first kappa shape index (κ1) is 16.2. The average molecular weight is 304 g/mol. The van der Waals surface area contributed by atoms with Gasteiger partial charge in [-0.15, -0.1) is 0 Å². The van der Waals surface area contributed by atoms with Gasteiger partial charge in [-0.3, -0.25) is 4.79 Å². The highest BCUT2D eigenvalue weighted by Crippen LogP contribution is 2.27. The molecular weight excluding hydrogens is 283 g/mol. The number of benzene rings is 1. The number of amides is 1. The Morgan fingerprint density at radius 1 is 1.32 bits per heavy atom. The van der Waals surface area contributed by atoms with Crippen molar-refractivity contribution in [2.75, 3.05) is 6.54 Å². The van der Waals surface area contributed by atoms with Gasteiger partial charge in [0.1, 0.15) is 17.3 Å². The average Bonchev–Trinajstić information content (AvgIpc) is 2.78. The smallest absolute Gasteiger partial charge is 0.268 e. The summed E-state index contributed by atoms with van der Waals surface area (Å²) < 4.78 is 13.7. The Morgan fingerprint density at radius 3 is 2.68 bits per heavy atom. The van der Waals surface area contributed by atoms with E-state index in [1.54, 1.807) is 19.9 Å². The fourth-order valence-corrected chi connectivity index (χ4v) is 2.60. The number of fused-ring (bicyclic) bond motifs is 1. The summed E-state index contributed by atoms with van der Waals surface area (Å²) in [5.41, 5.74) is 2.47. The van der Waals surface area contributed by atoms with Crippen molar-refractivity contribution in [2.45, 2.75) is 40.0 Å². The minimum Gasteiger partial charge on any atom is -0.351 e. The molecule has 0 unspecified atom stereocenters. The maximum absolute atomic E-state index is 13.7. The van der Waals surface area contributed by atoms with Gasteiger partial charge in [-0.2, -0.15) is 0 Å². The Kier molecular flexibility index (Phi) is 4.96. The van der Waals surface area contributed by atoms with Crippen LogP contribution in [0.3, 0.4) is 0 Å². The molecule has 1 aromatic heterocycles. The van der Waals surface area contributed by atoms with Crippen LogP contribution in [0.4, 0.5) is 4.39 Å². The van der Waals surface area contributed by atoms with Crippen molar-refractivity contribution in [3.05, 3.63) is 34.8 Å². The highest BCUT2D eigenvalue weighted by molar-refractivity contribution is 6.01. The quantitative estimate of drug-likeness (QED) is 0.860. The molecule has 2 aromatic rings. The molecule has 5 heteroatoms. The van der Waals surface area contributed by atoms with Gasteiger partial charge in [-0.1, -0.05) is 0 Å². The molecule has 4 nitrogen and oxygen atoms in total. The molecule has 1 aromatic carbocycles. The third kappa shape index (κ3) is 3.35. The fraction of sp³-hybridized carbons (Fsp3) is 0.412. The van der Waals surface area contributed by atoms with Gasteiger partial charge in [-0.05, 0) is 56.9 Å². The predicted molar refractivity (Wildman–Crippen MR) is 84.6 cm³/mol. The van der Waals surface area contributed by atoms with E-state index in [9.17, 15) is 14.0 Å². The van der Waals surface area contributed by atoms with Gasteiger partial charge in [0.25, 0.3) is 5.91 Å². The number of carbonyl (C=O) groups is 2. The van der Waals surface area contributed by atoms with E-state index in [0.717, 1.165) is 10.9 Å². The maximum atomic E-state index is 13.7. The molecule has 22 heavy (non-hydrogen) atoms. The molecule has 118 valence electrons. The van der Waals surface area contributed by atoms with Crippen LogP contribution in [0.25, 0.3) is 10.9 Å². The van der Waals surface area contributed by atoms with Crippen molar-refractivity contribution in [2.24, 2.45) is 0 Å². The van der Waals surface area contributed by atoms with E-state index in [4.69, 9.17) is 0 Å². The van der Waals surface area contributed by atoms with Crippen LogP contribution in [0.2, 0.25) is 0 Å². The Balaban J connectivity index is 2.46. The van der Waals surface area contributed by atoms with E-state index in [-0.39, 0.29) is 17.5 Å². The lowest BCUT2D eigenvalue weighted by Crippen LogP contribution is -2.24. The Labute approximate surface area is 129 Å². The van der Waals surface area contributed by atoms with Crippen molar-refractivity contribution in [1.29, 1.82) is 0 Å². The number of aryl methyl sites for hydroxylation is 2. The summed E-state index contributed by atoms with van der Waals surface area (Å²) in [6.45, 7) is 5.63. The van der Waals surface area contributed by atoms with E-state index < -0.39 is 0 Å². The minimum absolute atomic E-state index is 0.127. The van der Waals surface area contributed by atoms with Gasteiger partial charge in [0, 0.05) is 23.9 Å². The van der Waals surface area contributed by atoms with Crippen molar-refractivity contribution in [3.63, 3.8) is 0 Å². The Morgan fingerprint density at radius 2 is 2.05 bits per heavy atom. The van der Waals surface area contributed by atoms with Crippen LogP contribution in [-0.4, -0.2) is 23.2 Å². The molecule has 0 saturated heterocycles. The second kappa shape index (κ2) is 6.73. The zero-order chi connectivity index (χ0) is 16.3. The number of hydrogen-bond donors (Lipinski definition) is 2. The maximum Gasteiger partial charge on any atom is 0.268 e. The van der Waals surface area contributed by atoms with Crippen LogP contribution in [0.1, 0.15) is 48.3 Å². The predicted octanol–water partition coefficient (Wildman–Crippen LogP) is 3.28. The first-order valence-electron chi connectivity index (χ1n) is 7.52. The Hall–Kier alpha value is -2.17. The lowest BCUT2D eigenvalue weighted by atomic mass is 10.0. The van der Waals surface area contributed by atoms with Gasteiger partial charge >= 0.3 is 0 Å². The molecule has 1 amide bonds. The molecule has 1 heterocycles. The van der Waals surface area contributed by atoms with Crippen LogP contribution in [0, 0.1) is 12.7 Å². The number of aromatic nitrogens is 1. The van der Waals surface area contributed by atoms with Gasteiger partial charge in [0.2, 0.25) is 0 Å². The summed E-state index contributed by atoms with van der Waals surface area (Å²) >= 11 is 0. The molecule has 0 aliphatic heterocycles. The number of carbonyl (C=O) groups excluding carboxylic acids is 2. The highest BCUT2D eigenvalue weighted by Gasteiger charge is 2.18. The standard InChI is InChI=1S/C17H21FN2O2/c1-4-19-17(22)16-12(7-5-6-11(3)21)13-8-10(2)14(18)9-15(13)20-16/h8-9,20H,4-7H2,1-3H3,(H,19,22). The number of rotatable bonds is 6. The summed E-state index contributed by atoms with van der Waals surface area (Å²) in [5, 5.41) is 3.61. The topological polar surface area (TPSA) is 62.0 Å². The number of hydrogen-bond acceptors (Lipinski definition) is 2. The van der Waals surface area contributed by atoms with Crippen LogP contribution in [0.5, 0.6) is 0 Å². The number of Topliss-reactive ketones (excluding diaryl/α,β-unsaturated/α-hetero) is 1. The molecule has 0 bridgehead atoms. The number of H-pyrrole nitrogens is 1. The number of nitrogens with one attached hydrogen (secondary N) is 2. The monoisotopic (exact) mass is 304 g/mol. The first-order valence-corrected chi connectivity index (χ1v) is 7.52. The van der Waals surface area contributed by atoms with E-state index in [2.05, 4.69) is 10.3 Å². The van der Waals surface area contributed by atoms with Crippen LogP contribution in [-0.2, 0) is 11.2 Å². The van der Waals surface area contributed by atoms with Crippen LogP contribution < -0.4 is 5.32 Å². The minimum atomic E-state index is -0.300. The zero-order valence-corrected chi connectivity index (χ0v) is 13.2. The molecule has 2 rings (SSSR count). The summed E-state index contributed by atoms with van der Waals surface area (Å²) in [5.74, 6) is -0.373. The van der Waals surface area contributed by atoms with Gasteiger partial charge in [0.05, 0.1) is 0 Å².